The third kappa shape index (κ3) is 7.49. The smallest absolute Gasteiger partial charge is 0.338 e. The predicted octanol–water partition coefficient (Wildman–Crippen LogP) is 3.88. The van der Waals surface area contributed by atoms with Gasteiger partial charge < -0.3 is 14.8 Å². The van der Waals surface area contributed by atoms with Crippen LogP contribution in [0.4, 0.5) is 5.69 Å². The average Bonchev–Trinajstić information content (AvgIpc) is 2.79. The number of ether oxygens (including phenoxy) is 2. The van der Waals surface area contributed by atoms with Gasteiger partial charge in [0.15, 0.2) is 6.61 Å². The first-order valence-corrected chi connectivity index (χ1v) is 12.6. The molecule has 0 bridgehead atoms. The molecule has 2 aromatic carbocycles. The topological polar surface area (TPSA) is 111 Å². The highest BCUT2D eigenvalue weighted by Gasteiger charge is 2.19. The van der Waals surface area contributed by atoms with E-state index in [1.165, 1.54) is 50.6 Å². The summed E-state index contributed by atoms with van der Waals surface area (Å²) in [7, 11) is -2.40. The van der Waals surface area contributed by atoms with Gasteiger partial charge in [0.2, 0.25) is 0 Å². The minimum atomic E-state index is -3.92. The molecule has 1 aliphatic rings. The summed E-state index contributed by atoms with van der Waals surface area (Å²) in [5.74, 6) is -0.510. The number of hydrogen-bond donors (Lipinski definition) is 2. The summed E-state index contributed by atoms with van der Waals surface area (Å²) in [5, 5.41) is 2.93. The zero-order valence-electron chi connectivity index (χ0n) is 18.7. The first-order chi connectivity index (χ1) is 15.9. The molecule has 2 aromatic rings. The highest BCUT2D eigenvalue weighted by Crippen LogP contribution is 2.20. The van der Waals surface area contributed by atoms with Crippen molar-refractivity contribution in [3.05, 3.63) is 54.1 Å². The van der Waals surface area contributed by atoms with Gasteiger partial charge in [0.1, 0.15) is 5.75 Å². The summed E-state index contributed by atoms with van der Waals surface area (Å²) in [6, 6.07) is 12.0. The number of methoxy groups -OCH3 is 1. The number of benzene rings is 2. The van der Waals surface area contributed by atoms with Gasteiger partial charge in [0, 0.05) is 11.7 Å². The summed E-state index contributed by atoms with van der Waals surface area (Å²) in [4.78, 5) is 24.5. The van der Waals surface area contributed by atoms with Crippen LogP contribution < -0.4 is 14.8 Å². The van der Waals surface area contributed by atoms with Crippen LogP contribution in [0.3, 0.4) is 0 Å². The molecule has 1 aliphatic carbocycles. The molecule has 1 saturated carbocycles. The molecule has 0 aliphatic heterocycles. The van der Waals surface area contributed by atoms with E-state index >= 15 is 0 Å². The van der Waals surface area contributed by atoms with Gasteiger partial charge in [-0.1, -0.05) is 38.2 Å². The molecule has 178 valence electrons. The maximum Gasteiger partial charge on any atom is 0.338 e. The lowest BCUT2D eigenvalue weighted by Crippen LogP contribution is -2.38. The molecular formula is C24H30N2O6S. The number of carbonyl (C=O) groups is 2. The Morgan fingerprint density at radius 1 is 0.970 bits per heavy atom. The minimum absolute atomic E-state index is 0.0476. The van der Waals surface area contributed by atoms with Crippen LogP contribution in [-0.4, -0.2) is 40.1 Å². The Hall–Kier alpha value is -3.07. The maximum atomic E-state index is 12.7. The molecule has 9 heteroatoms. The Morgan fingerprint density at radius 3 is 2.30 bits per heavy atom. The van der Waals surface area contributed by atoms with Crippen molar-refractivity contribution in [2.75, 3.05) is 18.4 Å². The normalized spacial score (nSPS) is 15.1. The second-order valence-electron chi connectivity index (χ2n) is 8.05. The van der Waals surface area contributed by atoms with Gasteiger partial charge in [-0.3, -0.25) is 9.52 Å². The molecule has 0 aromatic heterocycles. The van der Waals surface area contributed by atoms with Crippen LogP contribution in [0, 0.1) is 0 Å². The number of sulfonamides is 1. The highest BCUT2D eigenvalue weighted by atomic mass is 32.2. The molecule has 33 heavy (non-hydrogen) atoms. The molecule has 0 saturated heterocycles. The molecule has 0 radical (unpaired) electrons. The molecule has 2 N–H and O–H groups in total. The van der Waals surface area contributed by atoms with Crippen molar-refractivity contribution < 1.29 is 27.5 Å². The number of anilines is 1. The minimum Gasteiger partial charge on any atom is -0.497 e. The van der Waals surface area contributed by atoms with E-state index in [0.717, 1.165) is 25.7 Å². The van der Waals surface area contributed by atoms with E-state index in [9.17, 15) is 18.0 Å². The fourth-order valence-electron chi connectivity index (χ4n) is 3.75. The van der Waals surface area contributed by atoms with Crippen molar-refractivity contribution in [1.29, 1.82) is 0 Å². The number of rotatable bonds is 8. The van der Waals surface area contributed by atoms with Crippen LogP contribution >= 0.6 is 0 Å². The summed E-state index contributed by atoms with van der Waals surface area (Å²) in [6.45, 7) is -0.406. The zero-order chi connectivity index (χ0) is 23.7. The van der Waals surface area contributed by atoms with Crippen molar-refractivity contribution in [2.24, 2.45) is 0 Å². The van der Waals surface area contributed by atoms with Gasteiger partial charge in [-0.05, 0) is 55.3 Å². The van der Waals surface area contributed by atoms with E-state index in [2.05, 4.69) is 10.0 Å². The highest BCUT2D eigenvalue weighted by molar-refractivity contribution is 7.92. The van der Waals surface area contributed by atoms with Gasteiger partial charge in [0.05, 0.1) is 17.6 Å². The summed E-state index contributed by atoms with van der Waals surface area (Å²) in [5.41, 5.74) is 0.404. The quantitative estimate of drug-likeness (QED) is 0.562. The Bertz CT molecular complexity index is 1040. The van der Waals surface area contributed by atoms with Gasteiger partial charge in [-0.2, -0.15) is 0 Å². The molecule has 0 unspecified atom stereocenters. The molecule has 0 heterocycles. The van der Waals surface area contributed by atoms with Gasteiger partial charge in [-0.15, -0.1) is 0 Å². The SMILES string of the molecule is COc1ccc(NS(=O)(=O)c2cccc(C(=O)OCC(=O)NC3CCCCCCC3)c2)cc1. The van der Waals surface area contributed by atoms with E-state index in [1.807, 2.05) is 0 Å². The van der Waals surface area contributed by atoms with Crippen LogP contribution in [0.2, 0.25) is 0 Å². The zero-order valence-corrected chi connectivity index (χ0v) is 19.5. The standard InChI is InChI=1S/C24H30N2O6S/c1-31-21-14-12-20(13-15-21)26-33(29,30)22-11-7-8-18(16-22)24(28)32-17-23(27)25-19-9-5-3-2-4-6-10-19/h7-8,11-16,19,26H,2-6,9-10,17H2,1H3,(H,25,27). The summed E-state index contributed by atoms with van der Waals surface area (Å²) >= 11 is 0. The number of carbonyl (C=O) groups excluding carboxylic acids is 2. The Balaban J connectivity index is 1.57. The third-order valence-electron chi connectivity index (χ3n) is 5.53. The van der Waals surface area contributed by atoms with Crippen LogP contribution in [0.1, 0.15) is 55.3 Å². The van der Waals surface area contributed by atoms with Crippen LogP contribution in [0.15, 0.2) is 53.4 Å². The van der Waals surface area contributed by atoms with Gasteiger partial charge >= 0.3 is 5.97 Å². The van der Waals surface area contributed by atoms with E-state index in [4.69, 9.17) is 9.47 Å². The number of hydrogen-bond acceptors (Lipinski definition) is 6. The molecule has 3 rings (SSSR count). The summed E-state index contributed by atoms with van der Waals surface area (Å²) < 4.78 is 38.1. The largest absolute Gasteiger partial charge is 0.497 e. The van der Waals surface area contributed by atoms with Gasteiger partial charge in [0.25, 0.3) is 15.9 Å². The molecule has 0 atom stereocenters. The van der Waals surface area contributed by atoms with E-state index in [-0.39, 0.29) is 22.4 Å². The first-order valence-electron chi connectivity index (χ1n) is 11.1. The lowest BCUT2D eigenvalue weighted by Gasteiger charge is -2.20. The van der Waals surface area contributed by atoms with Crippen LogP contribution in [0.5, 0.6) is 5.75 Å². The lowest BCUT2D eigenvalue weighted by molar-refractivity contribution is -0.125. The number of esters is 1. The predicted molar refractivity (Wildman–Crippen MR) is 125 cm³/mol. The summed E-state index contributed by atoms with van der Waals surface area (Å²) in [6.07, 6.45) is 7.61. The van der Waals surface area contributed by atoms with Gasteiger partial charge in [-0.25, -0.2) is 13.2 Å². The molecule has 1 fully saturated rings. The monoisotopic (exact) mass is 474 g/mol. The number of amides is 1. The van der Waals surface area contributed by atoms with E-state index < -0.39 is 22.6 Å². The molecular weight excluding hydrogens is 444 g/mol. The number of nitrogens with one attached hydrogen (secondary N) is 2. The van der Waals surface area contributed by atoms with Crippen LogP contribution in [-0.2, 0) is 19.6 Å². The molecule has 0 spiro atoms. The lowest BCUT2D eigenvalue weighted by atomic mass is 9.97. The van der Waals surface area contributed by atoms with Crippen molar-refractivity contribution in [1.82, 2.24) is 5.32 Å². The van der Waals surface area contributed by atoms with Crippen molar-refractivity contribution >= 4 is 27.6 Å². The second-order valence-corrected chi connectivity index (χ2v) is 9.73. The molecule has 8 nitrogen and oxygen atoms in total. The maximum absolute atomic E-state index is 12.7. The fourth-order valence-corrected chi connectivity index (χ4v) is 4.85. The van der Waals surface area contributed by atoms with E-state index in [1.54, 1.807) is 24.3 Å². The third-order valence-corrected chi connectivity index (χ3v) is 6.91. The average molecular weight is 475 g/mol. The Kier molecular flexibility index (Phi) is 8.71. The first kappa shape index (κ1) is 24.6. The Morgan fingerprint density at radius 2 is 1.64 bits per heavy atom. The van der Waals surface area contributed by atoms with E-state index in [0.29, 0.717) is 11.4 Å². The van der Waals surface area contributed by atoms with Crippen LogP contribution in [0.25, 0.3) is 0 Å². The fraction of sp³-hybridized carbons (Fsp3) is 0.417. The molecule has 1 amide bonds. The second kappa shape index (κ2) is 11.7. The van der Waals surface area contributed by atoms with Crippen molar-refractivity contribution in [3.8, 4) is 5.75 Å². The van der Waals surface area contributed by atoms with Crippen molar-refractivity contribution in [2.45, 2.75) is 55.9 Å². The van der Waals surface area contributed by atoms with Crippen molar-refractivity contribution in [3.63, 3.8) is 0 Å². The Labute approximate surface area is 194 Å².